The lowest BCUT2D eigenvalue weighted by atomic mass is 10.0. The Hall–Kier alpha value is -2.04. The molecular formula is C20H20N2OS. The Bertz CT molecular complexity index is 798. The lowest BCUT2D eigenvalue weighted by molar-refractivity contribution is -0.117. The molecule has 24 heavy (non-hydrogen) atoms. The van der Waals surface area contributed by atoms with E-state index in [-0.39, 0.29) is 11.4 Å². The number of amides is 1. The van der Waals surface area contributed by atoms with Crippen molar-refractivity contribution in [1.29, 1.82) is 0 Å². The summed E-state index contributed by atoms with van der Waals surface area (Å²) in [5.41, 5.74) is 5.13. The van der Waals surface area contributed by atoms with Gasteiger partial charge in [-0.3, -0.25) is 9.69 Å². The molecule has 122 valence electrons. The Morgan fingerprint density at radius 2 is 1.88 bits per heavy atom. The van der Waals surface area contributed by atoms with Crippen LogP contribution < -0.4 is 5.32 Å². The highest BCUT2D eigenvalue weighted by Crippen LogP contribution is 2.33. The standard InChI is InChI=1S/C20H20N2OS/c1-14-6-8-15(9-7-14)12-18-19(23)21-20(24-18)22-11-10-16-4-2-3-5-17(16)13-22/h2-9,12,20H,10-11,13H2,1H3,(H,21,23)/b18-12-/t20-/m0/s1. The number of aryl methyl sites for hydroxylation is 1. The van der Waals surface area contributed by atoms with E-state index < -0.39 is 0 Å². The molecule has 1 amide bonds. The van der Waals surface area contributed by atoms with Crippen molar-refractivity contribution >= 4 is 23.7 Å². The molecule has 1 fully saturated rings. The maximum Gasteiger partial charge on any atom is 0.259 e. The molecular weight excluding hydrogens is 316 g/mol. The van der Waals surface area contributed by atoms with Gasteiger partial charge in [0.25, 0.3) is 5.91 Å². The summed E-state index contributed by atoms with van der Waals surface area (Å²) in [5, 5.41) is 3.12. The van der Waals surface area contributed by atoms with E-state index in [2.05, 4.69) is 65.7 Å². The zero-order chi connectivity index (χ0) is 16.5. The molecule has 2 aromatic carbocycles. The van der Waals surface area contributed by atoms with Crippen LogP contribution >= 0.6 is 11.8 Å². The SMILES string of the molecule is Cc1ccc(/C=C2\S[C@H](N3CCc4ccccc4C3)NC2=O)cc1. The Kier molecular flexibility index (Phi) is 4.17. The van der Waals surface area contributed by atoms with Gasteiger partial charge >= 0.3 is 0 Å². The van der Waals surface area contributed by atoms with E-state index in [1.807, 2.05) is 6.08 Å². The van der Waals surface area contributed by atoms with Crippen molar-refractivity contribution in [3.63, 3.8) is 0 Å². The van der Waals surface area contributed by atoms with E-state index in [0.29, 0.717) is 0 Å². The molecule has 2 heterocycles. The molecule has 4 heteroatoms. The van der Waals surface area contributed by atoms with Crippen LogP contribution in [0.2, 0.25) is 0 Å². The van der Waals surface area contributed by atoms with Crippen molar-refractivity contribution in [1.82, 2.24) is 10.2 Å². The predicted octanol–water partition coefficient (Wildman–Crippen LogP) is 3.54. The third-order valence-electron chi connectivity index (χ3n) is 4.58. The number of carbonyl (C=O) groups excluding carboxylic acids is 1. The molecule has 0 radical (unpaired) electrons. The molecule has 0 saturated carbocycles. The topological polar surface area (TPSA) is 32.3 Å². The van der Waals surface area contributed by atoms with E-state index in [0.717, 1.165) is 30.0 Å². The maximum atomic E-state index is 12.3. The second-order valence-corrected chi connectivity index (χ2v) is 7.47. The van der Waals surface area contributed by atoms with Crippen molar-refractivity contribution in [2.24, 2.45) is 0 Å². The van der Waals surface area contributed by atoms with Gasteiger partial charge in [0.1, 0.15) is 5.50 Å². The summed E-state index contributed by atoms with van der Waals surface area (Å²) in [6, 6.07) is 16.8. The molecule has 1 N–H and O–H groups in total. The number of benzene rings is 2. The molecule has 2 aliphatic rings. The summed E-state index contributed by atoms with van der Waals surface area (Å²) in [6.45, 7) is 3.94. The van der Waals surface area contributed by atoms with Crippen molar-refractivity contribution in [2.75, 3.05) is 6.54 Å². The zero-order valence-electron chi connectivity index (χ0n) is 13.7. The number of hydrogen-bond donors (Lipinski definition) is 1. The number of carbonyl (C=O) groups is 1. The minimum absolute atomic E-state index is 0.0301. The quantitative estimate of drug-likeness (QED) is 0.852. The number of fused-ring (bicyclic) bond motifs is 1. The van der Waals surface area contributed by atoms with Gasteiger partial charge in [-0.05, 0) is 36.1 Å². The van der Waals surface area contributed by atoms with Crippen molar-refractivity contribution < 1.29 is 4.79 Å². The molecule has 2 aromatic rings. The van der Waals surface area contributed by atoms with Crippen LogP contribution in [-0.2, 0) is 17.8 Å². The van der Waals surface area contributed by atoms with E-state index in [4.69, 9.17) is 0 Å². The smallest absolute Gasteiger partial charge is 0.259 e. The summed E-state index contributed by atoms with van der Waals surface area (Å²) in [5.74, 6) is 0.0319. The van der Waals surface area contributed by atoms with E-state index in [1.54, 1.807) is 11.8 Å². The minimum atomic E-state index is 0.0301. The predicted molar refractivity (Wildman–Crippen MR) is 99.2 cm³/mol. The van der Waals surface area contributed by atoms with Gasteiger partial charge in [0, 0.05) is 13.1 Å². The first-order chi connectivity index (χ1) is 11.7. The summed E-state index contributed by atoms with van der Waals surface area (Å²) < 4.78 is 0. The van der Waals surface area contributed by atoms with Crippen LogP contribution in [0.3, 0.4) is 0 Å². The second-order valence-electron chi connectivity index (χ2n) is 6.35. The summed E-state index contributed by atoms with van der Waals surface area (Å²) in [4.78, 5) is 15.5. The Morgan fingerprint density at radius 1 is 1.12 bits per heavy atom. The van der Waals surface area contributed by atoms with Gasteiger partial charge < -0.3 is 5.32 Å². The molecule has 0 unspecified atom stereocenters. The van der Waals surface area contributed by atoms with E-state index in [1.165, 1.54) is 16.7 Å². The summed E-state index contributed by atoms with van der Waals surface area (Å²) in [6.07, 6.45) is 3.03. The van der Waals surface area contributed by atoms with Gasteiger partial charge in [-0.1, -0.05) is 65.9 Å². The largest absolute Gasteiger partial charge is 0.327 e. The van der Waals surface area contributed by atoms with Crippen LogP contribution in [0.5, 0.6) is 0 Å². The fourth-order valence-electron chi connectivity index (χ4n) is 3.18. The Balaban J connectivity index is 1.49. The average molecular weight is 336 g/mol. The fourth-order valence-corrected chi connectivity index (χ4v) is 4.29. The van der Waals surface area contributed by atoms with Gasteiger partial charge in [0.15, 0.2) is 0 Å². The molecule has 1 saturated heterocycles. The number of rotatable bonds is 2. The highest BCUT2D eigenvalue weighted by Gasteiger charge is 2.33. The van der Waals surface area contributed by atoms with Crippen LogP contribution in [0.1, 0.15) is 22.3 Å². The first kappa shape index (κ1) is 15.5. The van der Waals surface area contributed by atoms with Crippen LogP contribution in [0.4, 0.5) is 0 Å². The highest BCUT2D eigenvalue weighted by atomic mass is 32.2. The lowest BCUT2D eigenvalue weighted by Gasteiger charge is -2.32. The summed E-state index contributed by atoms with van der Waals surface area (Å²) in [7, 11) is 0. The minimum Gasteiger partial charge on any atom is -0.327 e. The van der Waals surface area contributed by atoms with Crippen LogP contribution in [-0.4, -0.2) is 22.8 Å². The molecule has 1 atom stereocenters. The Labute approximate surface area is 146 Å². The third-order valence-corrected chi connectivity index (χ3v) is 5.78. The van der Waals surface area contributed by atoms with Gasteiger partial charge in [-0.2, -0.15) is 0 Å². The zero-order valence-corrected chi connectivity index (χ0v) is 14.5. The van der Waals surface area contributed by atoms with E-state index >= 15 is 0 Å². The molecule has 0 bridgehead atoms. The normalized spacial score (nSPS) is 22.5. The number of thioether (sulfide) groups is 1. The number of hydrogen-bond acceptors (Lipinski definition) is 3. The van der Waals surface area contributed by atoms with Gasteiger partial charge in [-0.25, -0.2) is 0 Å². The maximum absolute atomic E-state index is 12.3. The monoisotopic (exact) mass is 336 g/mol. The van der Waals surface area contributed by atoms with E-state index in [9.17, 15) is 4.79 Å². The fraction of sp³-hybridized carbons (Fsp3) is 0.250. The molecule has 3 nitrogen and oxygen atoms in total. The molecule has 4 rings (SSSR count). The van der Waals surface area contributed by atoms with Crippen LogP contribution in [0.25, 0.3) is 6.08 Å². The Morgan fingerprint density at radius 3 is 2.67 bits per heavy atom. The number of nitrogens with zero attached hydrogens (tertiary/aromatic N) is 1. The highest BCUT2D eigenvalue weighted by molar-refractivity contribution is 8.05. The third kappa shape index (κ3) is 3.12. The molecule has 2 aliphatic heterocycles. The van der Waals surface area contributed by atoms with Gasteiger partial charge in [0.2, 0.25) is 0 Å². The van der Waals surface area contributed by atoms with Crippen molar-refractivity contribution in [2.45, 2.75) is 25.4 Å². The first-order valence-electron chi connectivity index (χ1n) is 8.26. The molecule has 0 spiro atoms. The second kappa shape index (κ2) is 6.46. The first-order valence-corrected chi connectivity index (χ1v) is 9.14. The van der Waals surface area contributed by atoms with Crippen LogP contribution in [0.15, 0.2) is 53.4 Å². The molecule has 0 aliphatic carbocycles. The van der Waals surface area contributed by atoms with Gasteiger partial charge in [0.05, 0.1) is 4.91 Å². The van der Waals surface area contributed by atoms with Gasteiger partial charge in [-0.15, -0.1) is 0 Å². The molecule has 0 aromatic heterocycles. The van der Waals surface area contributed by atoms with Crippen molar-refractivity contribution in [3.8, 4) is 0 Å². The average Bonchev–Trinajstić information content (AvgIpc) is 2.97. The number of nitrogens with one attached hydrogen (secondary N) is 1. The van der Waals surface area contributed by atoms with Crippen molar-refractivity contribution in [3.05, 3.63) is 75.7 Å². The summed E-state index contributed by atoms with van der Waals surface area (Å²) >= 11 is 1.63. The lowest BCUT2D eigenvalue weighted by Crippen LogP contribution is -2.44. The van der Waals surface area contributed by atoms with Crippen LogP contribution in [0, 0.1) is 6.92 Å².